The highest BCUT2D eigenvalue weighted by molar-refractivity contribution is 5.58. The first kappa shape index (κ1) is 10.9. The third kappa shape index (κ3) is 2.51. The Kier molecular flexibility index (Phi) is 3.40. The summed E-state index contributed by atoms with van der Waals surface area (Å²) in [5, 5.41) is 11.1. The van der Waals surface area contributed by atoms with Crippen LogP contribution in [0.1, 0.15) is 11.1 Å². The van der Waals surface area contributed by atoms with Crippen LogP contribution in [0.4, 0.5) is 5.69 Å². The van der Waals surface area contributed by atoms with Gasteiger partial charge in [-0.15, -0.1) is 0 Å². The number of morpholine rings is 1. The second-order valence-electron chi connectivity index (χ2n) is 3.87. The fourth-order valence-corrected chi connectivity index (χ4v) is 1.69. The van der Waals surface area contributed by atoms with Gasteiger partial charge in [0.15, 0.2) is 0 Å². The minimum atomic E-state index is 0.678. The van der Waals surface area contributed by atoms with Crippen molar-refractivity contribution in [3.05, 3.63) is 29.3 Å². The Labute approximate surface area is 95.4 Å². The second kappa shape index (κ2) is 4.97. The summed E-state index contributed by atoms with van der Waals surface area (Å²) in [4.78, 5) is 0. The van der Waals surface area contributed by atoms with E-state index in [1.807, 2.05) is 25.1 Å². The Bertz CT molecular complexity index is 405. The van der Waals surface area contributed by atoms with Crippen molar-refractivity contribution in [1.29, 1.82) is 5.26 Å². The third-order valence-electron chi connectivity index (χ3n) is 2.59. The van der Waals surface area contributed by atoms with Gasteiger partial charge >= 0.3 is 0 Å². The Hall–Kier alpha value is -1.57. The van der Waals surface area contributed by atoms with Crippen molar-refractivity contribution >= 4 is 5.69 Å². The van der Waals surface area contributed by atoms with Gasteiger partial charge in [-0.05, 0) is 24.6 Å². The van der Waals surface area contributed by atoms with Crippen molar-refractivity contribution < 1.29 is 4.74 Å². The molecule has 16 heavy (non-hydrogen) atoms. The van der Waals surface area contributed by atoms with Gasteiger partial charge in [0.2, 0.25) is 0 Å². The molecule has 0 saturated carbocycles. The lowest BCUT2D eigenvalue weighted by molar-refractivity contribution is 0.0497. The van der Waals surface area contributed by atoms with E-state index in [4.69, 9.17) is 10.00 Å². The molecule has 0 unspecified atom stereocenters. The van der Waals surface area contributed by atoms with E-state index in [9.17, 15) is 0 Å². The molecule has 84 valence electrons. The molecule has 0 aliphatic carbocycles. The molecule has 1 aromatic carbocycles. The fraction of sp³-hybridized carbons (Fsp3) is 0.417. The summed E-state index contributed by atoms with van der Waals surface area (Å²) >= 11 is 0. The number of hydrogen-bond donors (Lipinski definition) is 1. The summed E-state index contributed by atoms with van der Waals surface area (Å²) in [6.07, 6.45) is 0. The zero-order valence-corrected chi connectivity index (χ0v) is 9.36. The molecule has 1 aliphatic rings. The van der Waals surface area contributed by atoms with E-state index < -0.39 is 0 Å². The summed E-state index contributed by atoms with van der Waals surface area (Å²) in [6.45, 7) is 5.19. The second-order valence-corrected chi connectivity index (χ2v) is 3.87. The average molecular weight is 217 g/mol. The van der Waals surface area contributed by atoms with Crippen LogP contribution in [0.25, 0.3) is 0 Å². The molecule has 4 nitrogen and oxygen atoms in total. The number of aryl methyl sites for hydroxylation is 1. The monoisotopic (exact) mass is 217 g/mol. The van der Waals surface area contributed by atoms with Crippen LogP contribution in [0.3, 0.4) is 0 Å². The normalized spacial score (nSPS) is 16.8. The van der Waals surface area contributed by atoms with E-state index in [1.54, 1.807) is 0 Å². The molecular formula is C12H15N3O. The maximum Gasteiger partial charge on any atom is 0.101 e. The zero-order valence-electron chi connectivity index (χ0n) is 9.36. The summed E-state index contributed by atoms with van der Waals surface area (Å²) in [6, 6.07) is 7.98. The van der Waals surface area contributed by atoms with E-state index in [-0.39, 0.29) is 0 Å². The van der Waals surface area contributed by atoms with E-state index >= 15 is 0 Å². The first-order valence-electron chi connectivity index (χ1n) is 5.40. The molecule has 0 amide bonds. The molecule has 1 saturated heterocycles. The lowest BCUT2D eigenvalue weighted by atomic mass is 10.1. The van der Waals surface area contributed by atoms with E-state index in [1.165, 1.54) is 0 Å². The van der Waals surface area contributed by atoms with Crippen molar-refractivity contribution in [2.45, 2.75) is 6.92 Å². The van der Waals surface area contributed by atoms with Gasteiger partial charge in [0.05, 0.1) is 24.5 Å². The number of nitrogens with one attached hydrogen (secondary N) is 1. The molecule has 4 heteroatoms. The Morgan fingerprint density at radius 1 is 1.38 bits per heavy atom. The quantitative estimate of drug-likeness (QED) is 0.816. The lowest BCUT2D eigenvalue weighted by Crippen LogP contribution is -2.40. The molecule has 0 atom stereocenters. The SMILES string of the molecule is Cc1ccc(C#N)c(NN2CCOCC2)c1. The van der Waals surface area contributed by atoms with Crippen LogP contribution in [0.5, 0.6) is 0 Å². The Morgan fingerprint density at radius 2 is 2.12 bits per heavy atom. The number of benzene rings is 1. The number of hydrogen-bond acceptors (Lipinski definition) is 4. The van der Waals surface area contributed by atoms with Gasteiger partial charge in [0.25, 0.3) is 0 Å². The first-order chi connectivity index (χ1) is 7.79. The third-order valence-corrected chi connectivity index (χ3v) is 2.59. The van der Waals surface area contributed by atoms with Gasteiger partial charge in [-0.25, -0.2) is 5.01 Å². The zero-order chi connectivity index (χ0) is 11.4. The van der Waals surface area contributed by atoms with Gasteiger partial charge in [-0.3, -0.25) is 0 Å². The van der Waals surface area contributed by atoms with E-state index in [2.05, 4.69) is 16.5 Å². The number of nitrogens with zero attached hydrogens (tertiary/aromatic N) is 2. The van der Waals surface area contributed by atoms with Crippen LogP contribution < -0.4 is 5.43 Å². The van der Waals surface area contributed by atoms with Crippen LogP contribution >= 0.6 is 0 Å². The lowest BCUT2D eigenvalue weighted by Gasteiger charge is -2.28. The summed E-state index contributed by atoms with van der Waals surface area (Å²) < 4.78 is 5.27. The molecule has 1 N–H and O–H groups in total. The highest BCUT2D eigenvalue weighted by Gasteiger charge is 2.11. The number of hydrazine groups is 1. The van der Waals surface area contributed by atoms with Crippen molar-refractivity contribution in [2.75, 3.05) is 31.7 Å². The predicted molar refractivity (Wildman–Crippen MR) is 61.9 cm³/mol. The summed E-state index contributed by atoms with van der Waals surface area (Å²) in [7, 11) is 0. The number of rotatable bonds is 2. The predicted octanol–water partition coefficient (Wildman–Crippen LogP) is 1.53. The Balaban J connectivity index is 2.13. The fourth-order valence-electron chi connectivity index (χ4n) is 1.69. The molecule has 1 fully saturated rings. The average Bonchev–Trinajstić information content (AvgIpc) is 2.31. The van der Waals surface area contributed by atoms with Crippen LogP contribution in [0, 0.1) is 18.3 Å². The van der Waals surface area contributed by atoms with Crippen molar-refractivity contribution in [3.8, 4) is 6.07 Å². The summed E-state index contributed by atoms with van der Waals surface area (Å²) in [5.41, 5.74) is 5.98. The number of nitriles is 1. The molecule has 2 rings (SSSR count). The molecule has 0 aromatic heterocycles. The van der Waals surface area contributed by atoms with E-state index in [0.717, 1.165) is 37.6 Å². The maximum atomic E-state index is 9.01. The van der Waals surface area contributed by atoms with Crippen LogP contribution in [-0.2, 0) is 4.74 Å². The largest absolute Gasteiger partial charge is 0.379 e. The smallest absolute Gasteiger partial charge is 0.101 e. The first-order valence-corrected chi connectivity index (χ1v) is 5.40. The van der Waals surface area contributed by atoms with Crippen molar-refractivity contribution in [1.82, 2.24) is 5.01 Å². The molecule has 1 aliphatic heterocycles. The molecule has 1 heterocycles. The highest BCUT2D eigenvalue weighted by Crippen LogP contribution is 2.17. The highest BCUT2D eigenvalue weighted by atomic mass is 16.5. The molecule has 0 radical (unpaired) electrons. The topological polar surface area (TPSA) is 48.3 Å². The van der Waals surface area contributed by atoms with Gasteiger partial charge in [0.1, 0.15) is 6.07 Å². The van der Waals surface area contributed by atoms with Crippen LogP contribution in [-0.4, -0.2) is 31.3 Å². The molecular weight excluding hydrogens is 202 g/mol. The minimum absolute atomic E-state index is 0.678. The van der Waals surface area contributed by atoms with Crippen molar-refractivity contribution in [3.63, 3.8) is 0 Å². The van der Waals surface area contributed by atoms with Gasteiger partial charge in [-0.1, -0.05) is 6.07 Å². The standard InChI is InChI=1S/C12H15N3O/c1-10-2-3-11(9-13)12(8-10)14-15-4-6-16-7-5-15/h2-3,8,14H,4-7H2,1H3. The number of ether oxygens (including phenoxy) is 1. The van der Waals surface area contributed by atoms with Gasteiger partial charge < -0.3 is 10.2 Å². The maximum absolute atomic E-state index is 9.01. The van der Waals surface area contributed by atoms with Gasteiger partial charge in [0, 0.05) is 13.1 Å². The summed E-state index contributed by atoms with van der Waals surface area (Å²) in [5.74, 6) is 0. The molecule has 1 aromatic rings. The molecule has 0 bridgehead atoms. The Morgan fingerprint density at radius 3 is 2.81 bits per heavy atom. The molecule has 0 spiro atoms. The minimum Gasteiger partial charge on any atom is -0.379 e. The van der Waals surface area contributed by atoms with Gasteiger partial charge in [-0.2, -0.15) is 5.26 Å². The van der Waals surface area contributed by atoms with E-state index in [0.29, 0.717) is 5.56 Å². The van der Waals surface area contributed by atoms with Crippen LogP contribution in [0.2, 0.25) is 0 Å². The van der Waals surface area contributed by atoms with Crippen LogP contribution in [0.15, 0.2) is 18.2 Å². The van der Waals surface area contributed by atoms with Crippen molar-refractivity contribution in [2.24, 2.45) is 0 Å². The number of anilines is 1.